The van der Waals surface area contributed by atoms with Crippen LogP contribution in [0.25, 0.3) is 0 Å². The van der Waals surface area contributed by atoms with E-state index >= 15 is 0 Å². The highest BCUT2D eigenvalue weighted by molar-refractivity contribution is 7.89. The average molecular weight is 234 g/mol. The van der Waals surface area contributed by atoms with E-state index in [9.17, 15) is 8.42 Å². The van der Waals surface area contributed by atoms with Gasteiger partial charge in [-0.2, -0.15) is 0 Å². The summed E-state index contributed by atoms with van der Waals surface area (Å²) in [7, 11) is -3.06. The highest BCUT2D eigenvalue weighted by Gasteiger charge is 2.42. The van der Waals surface area contributed by atoms with Gasteiger partial charge in [0.25, 0.3) is 0 Å². The molecular formula is C10H22N2O2S. The van der Waals surface area contributed by atoms with Gasteiger partial charge in [-0.25, -0.2) is 13.1 Å². The molecule has 0 aromatic rings. The Balaban J connectivity index is 2.21. The standard InChI is InChI=1S/C10H22N2O2S/c1-4-12-15(13,14)8-7-11-9(2)10(3)5-6-10/h9,11-12H,4-8H2,1-3H3. The van der Waals surface area contributed by atoms with Gasteiger partial charge in [0.2, 0.25) is 10.0 Å². The van der Waals surface area contributed by atoms with E-state index in [2.05, 4.69) is 23.9 Å². The predicted molar refractivity (Wildman–Crippen MR) is 62.3 cm³/mol. The molecule has 1 saturated carbocycles. The van der Waals surface area contributed by atoms with E-state index < -0.39 is 10.0 Å². The lowest BCUT2D eigenvalue weighted by Gasteiger charge is -2.20. The van der Waals surface area contributed by atoms with Crippen LogP contribution in [0, 0.1) is 5.41 Å². The van der Waals surface area contributed by atoms with Gasteiger partial charge in [0.05, 0.1) is 5.75 Å². The van der Waals surface area contributed by atoms with Gasteiger partial charge < -0.3 is 5.32 Å². The number of sulfonamides is 1. The zero-order chi connectivity index (χ0) is 11.5. The van der Waals surface area contributed by atoms with Crippen LogP contribution in [0.4, 0.5) is 0 Å². The van der Waals surface area contributed by atoms with Crippen molar-refractivity contribution < 1.29 is 8.42 Å². The van der Waals surface area contributed by atoms with Crippen molar-refractivity contribution in [3.63, 3.8) is 0 Å². The lowest BCUT2D eigenvalue weighted by atomic mass is 10.0. The van der Waals surface area contributed by atoms with Crippen LogP contribution < -0.4 is 10.0 Å². The molecule has 0 heterocycles. The van der Waals surface area contributed by atoms with Crippen molar-refractivity contribution in [2.24, 2.45) is 5.41 Å². The van der Waals surface area contributed by atoms with Crippen LogP contribution in [-0.2, 0) is 10.0 Å². The molecule has 5 heteroatoms. The third kappa shape index (κ3) is 4.09. The van der Waals surface area contributed by atoms with Crippen LogP contribution in [0.2, 0.25) is 0 Å². The van der Waals surface area contributed by atoms with Crippen molar-refractivity contribution in [1.29, 1.82) is 0 Å². The smallest absolute Gasteiger partial charge is 0.212 e. The summed E-state index contributed by atoms with van der Waals surface area (Å²) in [6.45, 7) is 7.16. The van der Waals surface area contributed by atoms with Gasteiger partial charge in [-0.3, -0.25) is 0 Å². The van der Waals surface area contributed by atoms with Crippen LogP contribution in [0.15, 0.2) is 0 Å². The van der Waals surface area contributed by atoms with E-state index in [4.69, 9.17) is 0 Å². The van der Waals surface area contributed by atoms with Crippen LogP contribution in [0.3, 0.4) is 0 Å². The molecule has 15 heavy (non-hydrogen) atoms. The molecule has 0 radical (unpaired) electrons. The largest absolute Gasteiger partial charge is 0.313 e. The number of hydrogen-bond donors (Lipinski definition) is 2. The van der Waals surface area contributed by atoms with Crippen LogP contribution in [0.5, 0.6) is 0 Å². The van der Waals surface area contributed by atoms with E-state index in [1.165, 1.54) is 12.8 Å². The molecule has 0 bridgehead atoms. The summed E-state index contributed by atoms with van der Waals surface area (Å²) in [5.74, 6) is 0.168. The summed E-state index contributed by atoms with van der Waals surface area (Å²) in [4.78, 5) is 0. The first kappa shape index (κ1) is 12.9. The fourth-order valence-corrected chi connectivity index (χ4v) is 2.55. The molecule has 4 nitrogen and oxygen atoms in total. The Morgan fingerprint density at radius 1 is 1.40 bits per heavy atom. The Morgan fingerprint density at radius 2 is 2.00 bits per heavy atom. The van der Waals surface area contributed by atoms with E-state index in [1.54, 1.807) is 6.92 Å². The van der Waals surface area contributed by atoms with E-state index in [1.807, 2.05) is 0 Å². The Labute approximate surface area is 92.9 Å². The summed E-state index contributed by atoms with van der Waals surface area (Å²) < 4.78 is 25.1. The Hall–Kier alpha value is -0.130. The summed E-state index contributed by atoms with van der Waals surface area (Å²) in [5.41, 5.74) is 0.405. The monoisotopic (exact) mass is 234 g/mol. The minimum Gasteiger partial charge on any atom is -0.313 e. The maximum absolute atomic E-state index is 11.3. The zero-order valence-electron chi connectivity index (χ0n) is 9.84. The normalized spacial score (nSPS) is 21.3. The van der Waals surface area contributed by atoms with Gasteiger partial charge >= 0.3 is 0 Å². The quantitative estimate of drug-likeness (QED) is 0.682. The molecule has 1 unspecified atom stereocenters. The zero-order valence-corrected chi connectivity index (χ0v) is 10.7. The second-order valence-corrected chi connectivity index (χ2v) is 6.57. The van der Waals surface area contributed by atoms with Gasteiger partial charge in [0, 0.05) is 19.1 Å². The molecule has 2 N–H and O–H groups in total. The molecule has 1 aliphatic carbocycles. The highest BCUT2D eigenvalue weighted by atomic mass is 32.2. The first-order valence-electron chi connectivity index (χ1n) is 5.60. The Kier molecular flexibility index (Phi) is 4.14. The molecule has 1 atom stereocenters. The molecule has 0 saturated heterocycles. The van der Waals surface area contributed by atoms with Gasteiger partial charge in [-0.05, 0) is 25.2 Å². The number of nitrogens with one attached hydrogen (secondary N) is 2. The summed E-state index contributed by atoms with van der Waals surface area (Å²) in [6, 6.07) is 0.411. The van der Waals surface area contributed by atoms with Gasteiger partial charge in [-0.1, -0.05) is 13.8 Å². The van der Waals surface area contributed by atoms with Crippen molar-refractivity contribution in [1.82, 2.24) is 10.0 Å². The van der Waals surface area contributed by atoms with Gasteiger partial charge in [0.15, 0.2) is 0 Å². The van der Waals surface area contributed by atoms with E-state index in [0.29, 0.717) is 24.5 Å². The van der Waals surface area contributed by atoms with Gasteiger partial charge in [-0.15, -0.1) is 0 Å². The molecule has 0 aromatic carbocycles. The maximum atomic E-state index is 11.3. The maximum Gasteiger partial charge on any atom is 0.212 e. The lowest BCUT2D eigenvalue weighted by molar-refractivity contribution is 0.389. The average Bonchev–Trinajstić information content (AvgIpc) is 2.84. The Bertz CT molecular complexity index is 297. The minimum absolute atomic E-state index is 0.168. The molecule has 0 amide bonds. The molecule has 90 valence electrons. The molecule has 0 spiro atoms. The predicted octanol–water partition coefficient (Wildman–Crippen LogP) is 0.704. The molecule has 1 rings (SSSR count). The SMILES string of the molecule is CCNS(=O)(=O)CCNC(C)C1(C)CC1. The van der Waals surface area contributed by atoms with Crippen molar-refractivity contribution in [2.45, 2.75) is 39.7 Å². The summed E-state index contributed by atoms with van der Waals surface area (Å²) >= 11 is 0. The van der Waals surface area contributed by atoms with Crippen molar-refractivity contribution in [3.8, 4) is 0 Å². The van der Waals surface area contributed by atoms with Crippen LogP contribution >= 0.6 is 0 Å². The summed E-state index contributed by atoms with van der Waals surface area (Å²) in [5, 5.41) is 3.28. The van der Waals surface area contributed by atoms with Crippen molar-refractivity contribution >= 4 is 10.0 Å². The Morgan fingerprint density at radius 3 is 2.47 bits per heavy atom. The highest BCUT2D eigenvalue weighted by Crippen LogP contribution is 2.47. The molecular weight excluding hydrogens is 212 g/mol. The fourth-order valence-electron chi connectivity index (χ4n) is 1.58. The van der Waals surface area contributed by atoms with Crippen LogP contribution in [-0.4, -0.2) is 33.3 Å². The third-order valence-electron chi connectivity index (χ3n) is 3.27. The topological polar surface area (TPSA) is 58.2 Å². The summed E-state index contributed by atoms with van der Waals surface area (Å²) in [6.07, 6.45) is 2.50. The van der Waals surface area contributed by atoms with Crippen molar-refractivity contribution in [2.75, 3.05) is 18.8 Å². The minimum atomic E-state index is -3.06. The van der Waals surface area contributed by atoms with E-state index in [-0.39, 0.29) is 5.75 Å². The molecule has 0 aromatic heterocycles. The van der Waals surface area contributed by atoms with Gasteiger partial charge in [0.1, 0.15) is 0 Å². The molecule has 0 aliphatic heterocycles. The molecule has 1 fully saturated rings. The number of rotatable bonds is 7. The second-order valence-electron chi connectivity index (χ2n) is 4.65. The van der Waals surface area contributed by atoms with Crippen LogP contribution in [0.1, 0.15) is 33.6 Å². The fraction of sp³-hybridized carbons (Fsp3) is 1.00. The second kappa shape index (κ2) is 4.80. The lowest BCUT2D eigenvalue weighted by Crippen LogP contribution is -2.38. The van der Waals surface area contributed by atoms with E-state index in [0.717, 1.165) is 0 Å². The van der Waals surface area contributed by atoms with Crippen molar-refractivity contribution in [3.05, 3.63) is 0 Å². The molecule has 1 aliphatic rings. The first-order chi connectivity index (χ1) is 6.90. The first-order valence-corrected chi connectivity index (χ1v) is 7.25. The third-order valence-corrected chi connectivity index (χ3v) is 4.74. The number of hydrogen-bond acceptors (Lipinski definition) is 3.